The monoisotopic (exact) mass is 333 g/mol. The summed E-state index contributed by atoms with van der Waals surface area (Å²) < 4.78 is 14.8. The molecule has 0 amide bonds. The summed E-state index contributed by atoms with van der Waals surface area (Å²) in [5, 5.41) is 3.55. The van der Waals surface area contributed by atoms with Gasteiger partial charge in [-0.1, -0.05) is 46.3 Å². The van der Waals surface area contributed by atoms with Gasteiger partial charge in [-0.15, -0.1) is 0 Å². The normalized spacial score (nSPS) is 17.2. The molecule has 1 aliphatic rings. The maximum absolute atomic E-state index is 13.5. The second-order valence-corrected chi connectivity index (χ2v) is 6.05. The number of hydrogen-bond acceptors (Lipinski definition) is 1. The summed E-state index contributed by atoms with van der Waals surface area (Å²) >= 11 is 3.61. The van der Waals surface area contributed by atoms with Crippen LogP contribution in [-0.4, -0.2) is 6.54 Å². The first kappa shape index (κ1) is 13.8. The predicted octanol–water partition coefficient (Wildman–Crippen LogP) is 4.41. The Morgan fingerprint density at radius 3 is 2.85 bits per heavy atom. The van der Waals surface area contributed by atoms with Crippen molar-refractivity contribution >= 4 is 15.9 Å². The van der Waals surface area contributed by atoms with E-state index in [0.29, 0.717) is 6.04 Å². The molecule has 3 rings (SSSR count). The summed E-state index contributed by atoms with van der Waals surface area (Å²) in [5.41, 5.74) is 3.58. The van der Waals surface area contributed by atoms with E-state index in [1.165, 1.54) is 21.7 Å². The summed E-state index contributed by atoms with van der Waals surface area (Å²) in [6, 6.07) is 13.8. The van der Waals surface area contributed by atoms with Gasteiger partial charge in [0.1, 0.15) is 5.82 Å². The molecule has 0 saturated heterocycles. The Bertz CT molecular complexity index is 612. The standard InChI is InChI=1S/C17H17BrFN/c18-15-6-3-5-14-13(15)8-9-17(14)20-11-10-12-4-1-2-7-16(12)19/h1-7,17,20H,8-11H2. The highest BCUT2D eigenvalue weighted by Gasteiger charge is 2.23. The van der Waals surface area contributed by atoms with Crippen molar-refractivity contribution in [2.45, 2.75) is 25.3 Å². The van der Waals surface area contributed by atoms with Crippen LogP contribution in [0.5, 0.6) is 0 Å². The number of rotatable bonds is 4. The lowest BCUT2D eigenvalue weighted by molar-refractivity contribution is 0.526. The minimum Gasteiger partial charge on any atom is -0.310 e. The van der Waals surface area contributed by atoms with E-state index in [0.717, 1.165) is 31.4 Å². The Morgan fingerprint density at radius 2 is 2.00 bits per heavy atom. The van der Waals surface area contributed by atoms with E-state index in [1.54, 1.807) is 6.07 Å². The van der Waals surface area contributed by atoms with E-state index in [9.17, 15) is 4.39 Å². The summed E-state index contributed by atoms with van der Waals surface area (Å²) in [6.07, 6.45) is 2.95. The van der Waals surface area contributed by atoms with Gasteiger partial charge in [0.25, 0.3) is 0 Å². The zero-order valence-corrected chi connectivity index (χ0v) is 12.8. The molecule has 0 aromatic heterocycles. The van der Waals surface area contributed by atoms with Gasteiger partial charge >= 0.3 is 0 Å². The van der Waals surface area contributed by atoms with Crippen LogP contribution in [0.3, 0.4) is 0 Å². The van der Waals surface area contributed by atoms with Gasteiger partial charge in [-0.05, 0) is 54.6 Å². The van der Waals surface area contributed by atoms with E-state index in [4.69, 9.17) is 0 Å². The lowest BCUT2D eigenvalue weighted by atomic mass is 10.1. The zero-order valence-electron chi connectivity index (χ0n) is 11.2. The van der Waals surface area contributed by atoms with Crippen molar-refractivity contribution in [2.75, 3.05) is 6.54 Å². The maximum atomic E-state index is 13.5. The number of hydrogen-bond donors (Lipinski definition) is 1. The third kappa shape index (κ3) is 2.79. The molecule has 104 valence electrons. The molecule has 1 aliphatic carbocycles. The molecule has 0 aliphatic heterocycles. The molecule has 1 atom stereocenters. The summed E-state index contributed by atoms with van der Waals surface area (Å²) in [6.45, 7) is 0.803. The topological polar surface area (TPSA) is 12.0 Å². The fraction of sp³-hybridized carbons (Fsp3) is 0.294. The van der Waals surface area contributed by atoms with Crippen LogP contribution in [0.15, 0.2) is 46.9 Å². The number of halogens is 2. The summed E-state index contributed by atoms with van der Waals surface area (Å²) in [5.74, 6) is -0.108. The Hall–Kier alpha value is -1.19. The lowest BCUT2D eigenvalue weighted by Crippen LogP contribution is -2.22. The van der Waals surface area contributed by atoms with E-state index in [-0.39, 0.29) is 5.82 Å². The molecule has 2 aromatic carbocycles. The molecule has 1 N–H and O–H groups in total. The van der Waals surface area contributed by atoms with Crippen molar-refractivity contribution in [3.8, 4) is 0 Å². The van der Waals surface area contributed by atoms with E-state index in [1.807, 2.05) is 12.1 Å². The quantitative estimate of drug-likeness (QED) is 0.873. The van der Waals surface area contributed by atoms with Gasteiger partial charge in [0.15, 0.2) is 0 Å². The van der Waals surface area contributed by atoms with Gasteiger partial charge in [-0.25, -0.2) is 4.39 Å². The first-order valence-electron chi connectivity index (χ1n) is 7.00. The first-order valence-corrected chi connectivity index (χ1v) is 7.79. The third-order valence-corrected chi connectivity index (χ3v) is 4.70. The molecular weight excluding hydrogens is 317 g/mol. The second-order valence-electron chi connectivity index (χ2n) is 5.19. The van der Waals surface area contributed by atoms with Crippen LogP contribution in [0.4, 0.5) is 4.39 Å². The highest BCUT2D eigenvalue weighted by atomic mass is 79.9. The van der Waals surface area contributed by atoms with Gasteiger partial charge in [0.2, 0.25) is 0 Å². The van der Waals surface area contributed by atoms with Gasteiger partial charge < -0.3 is 5.32 Å². The van der Waals surface area contributed by atoms with Crippen LogP contribution in [0.1, 0.15) is 29.2 Å². The predicted molar refractivity (Wildman–Crippen MR) is 83.3 cm³/mol. The zero-order chi connectivity index (χ0) is 13.9. The SMILES string of the molecule is Fc1ccccc1CCNC1CCc2c(Br)cccc21. The van der Waals surface area contributed by atoms with Crippen molar-refractivity contribution in [1.82, 2.24) is 5.32 Å². The van der Waals surface area contributed by atoms with Crippen LogP contribution in [0.25, 0.3) is 0 Å². The second kappa shape index (κ2) is 6.06. The van der Waals surface area contributed by atoms with Gasteiger partial charge in [-0.3, -0.25) is 0 Å². The fourth-order valence-corrected chi connectivity index (χ4v) is 3.48. The molecule has 0 bridgehead atoms. The number of benzene rings is 2. The van der Waals surface area contributed by atoms with Crippen molar-refractivity contribution in [3.63, 3.8) is 0 Å². The third-order valence-electron chi connectivity index (χ3n) is 3.96. The van der Waals surface area contributed by atoms with Crippen LogP contribution in [-0.2, 0) is 12.8 Å². The smallest absolute Gasteiger partial charge is 0.126 e. The number of nitrogens with one attached hydrogen (secondary N) is 1. The lowest BCUT2D eigenvalue weighted by Gasteiger charge is -2.14. The molecule has 2 aromatic rings. The molecule has 0 radical (unpaired) electrons. The van der Waals surface area contributed by atoms with Crippen LogP contribution >= 0.6 is 15.9 Å². The Balaban J connectivity index is 1.62. The van der Waals surface area contributed by atoms with Crippen molar-refractivity contribution < 1.29 is 4.39 Å². The maximum Gasteiger partial charge on any atom is 0.126 e. The minimum atomic E-state index is -0.108. The molecule has 0 fully saturated rings. The molecule has 1 unspecified atom stereocenters. The van der Waals surface area contributed by atoms with Gasteiger partial charge in [0.05, 0.1) is 0 Å². The first-order chi connectivity index (χ1) is 9.75. The van der Waals surface area contributed by atoms with Crippen molar-refractivity contribution in [2.24, 2.45) is 0 Å². The molecule has 20 heavy (non-hydrogen) atoms. The molecular formula is C17H17BrFN. The molecule has 0 spiro atoms. The largest absolute Gasteiger partial charge is 0.310 e. The average molecular weight is 334 g/mol. The molecule has 1 nitrogen and oxygen atoms in total. The molecule has 3 heteroatoms. The highest BCUT2D eigenvalue weighted by molar-refractivity contribution is 9.10. The van der Waals surface area contributed by atoms with E-state index < -0.39 is 0 Å². The van der Waals surface area contributed by atoms with Crippen LogP contribution in [0, 0.1) is 5.82 Å². The summed E-state index contributed by atoms with van der Waals surface area (Å²) in [7, 11) is 0. The molecule has 0 heterocycles. The Labute approximate surface area is 127 Å². The van der Waals surface area contributed by atoms with Crippen LogP contribution < -0.4 is 5.32 Å². The Kier molecular flexibility index (Phi) is 4.18. The fourth-order valence-electron chi connectivity index (χ4n) is 2.90. The minimum absolute atomic E-state index is 0.108. The van der Waals surface area contributed by atoms with Gasteiger partial charge in [-0.2, -0.15) is 0 Å². The number of fused-ring (bicyclic) bond motifs is 1. The van der Waals surface area contributed by atoms with E-state index in [2.05, 4.69) is 39.4 Å². The van der Waals surface area contributed by atoms with Crippen LogP contribution in [0.2, 0.25) is 0 Å². The van der Waals surface area contributed by atoms with Gasteiger partial charge in [0, 0.05) is 10.5 Å². The summed E-state index contributed by atoms with van der Waals surface area (Å²) in [4.78, 5) is 0. The molecule has 0 saturated carbocycles. The Morgan fingerprint density at radius 1 is 1.15 bits per heavy atom. The van der Waals surface area contributed by atoms with Crippen molar-refractivity contribution in [3.05, 3.63) is 69.4 Å². The van der Waals surface area contributed by atoms with Crippen molar-refractivity contribution in [1.29, 1.82) is 0 Å². The highest BCUT2D eigenvalue weighted by Crippen LogP contribution is 2.35. The average Bonchev–Trinajstić information content (AvgIpc) is 2.86. The van der Waals surface area contributed by atoms with E-state index >= 15 is 0 Å².